The third-order valence-corrected chi connectivity index (χ3v) is 3.16. The lowest BCUT2D eigenvalue weighted by molar-refractivity contribution is 0.0690. The topological polar surface area (TPSA) is 69.6 Å². The summed E-state index contributed by atoms with van der Waals surface area (Å²) in [4.78, 5) is 23.1. The Morgan fingerprint density at radius 1 is 1.47 bits per heavy atom. The maximum atomic E-state index is 10.8. The van der Waals surface area contributed by atoms with E-state index in [0.29, 0.717) is 11.9 Å². The second kappa shape index (κ2) is 4.67. The molecule has 1 aromatic heterocycles. The lowest BCUT2D eigenvalue weighted by atomic mass is 10.2. The normalized spacial score (nSPS) is 21.5. The standard InChI is InChI=1S/C11H16N4O2/c1-8-6-15(4-3-14(8)2)10-5-9(11(16)17)12-7-13-10/h5,7-8H,3-4,6H2,1-2H3,(H,16,17). The number of carbonyl (C=O) groups is 1. The predicted octanol–water partition coefficient (Wildman–Crippen LogP) is 0.315. The number of likely N-dealkylation sites (N-methyl/N-ethyl adjacent to an activating group) is 1. The molecule has 0 saturated carbocycles. The molecule has 0 aliphatic carbocycles. The zero-order chi connectivity index (χ0) is 12.4. The van der Waals surface area contributed by atoms with E-state index in [1.165, 1.54) is 12.4 Å². The Balaban J connectivity index is 2.17. The molecule has 1 unspecified atom stereocenters. The van der Waals surface area contributed by atoms with Gasteiger partial charge in [-0.3, -0.25) is 0 Å². The number of aromatic carboxylic acids is 1. The van der Waals surface area contributed by atoms with Crippen molar-refractivity contribution < 1.29 is 9.90 Å². The Kier molecular flexibility index (Phi) is 3.23. The minimum Gasteiger partial charge on any atom is -0.477 e. The van der Waals surface area contributed by atoms with E-state index in [2.05, 4.69) is 33.7 Å². The monoisotopic (exact) mass is 236 g/mol. The molecule has 2 rings (SSSR count). The fraction of sp³-hybridized carbons (Fsp3) is 0.545. The molecule has 0 aromatic carbocycles. The molecular formula is C11H16N4O2. The van der Waals surface area contributed by atoms with Gasteiger partial charge in [0.1, 0.15) is 12.1 Å². The predicted molar refractivity (Wildman–Crippen MR) is 63.3 cm³/mol. The van der Waals surface area contributed by atoms with E-state index in [0.717, 1.165) is 19.6 Å². The maximum Gasteiger partial charge on any atom is 0.354 e. The third-order valence-electron chi connectivity index (χ3n) is 3.16. The van der Waals surface area contributed by atoms with Gasteiger partial charge in [0.25, 0.3) is 0 Å². The molecule has 17 heavy (non-hydrogen) atoms. The molecule has 1 saturated heterocycles. The molecule has 6 nitrogen and oxygen atoms in total. The Labute approximate surface area is 99.9 Å². The van der Waals surface area contributed by atoms with Crippen molar-refractivity contribution in [1.29, 1.82) is 0 Å². The van der Waals surface area contributed by atoms with Crippen LogP contribution in [-0.2, 0) is 0 Å². The van der Waals surface area contributed by atoms with Crippen molar-refractivity contribution >= 4 is 11.8 Å². The summed E-state index contributed by atoms with van der Waals surface area (Å²) in [6, 6.07) is 1.97. The van der Waals surface area contributed by atoms with Crippen molar-refractivity contribution in [3.05, 3.63) is 18.1 Å². The molecule has 2 heterocycles. The van der Waals surface area contributed by atoms with Gasteiger partial charge in [0.05, 0.1) is 0 Å². The van der Waals surface area contributed by atoms with E-state index in [-0.39, 0.29) is 5.69 Å². The van der Waals surface area contributed by atoms with Gasteiger partial charge in [-0.1, -0.05) is 0 Å². The molecule has 0 bridgehead atoms. The number of piperazine rings is 1. The minimum atomic E-state index is -1.02. The molecule has 92 valence electrons. The summed E-state index contributed by atoms with van der Waals surface area (Å²) in [5, 5.41) is 8.88. The zero-order valence-corrected chi connectivity index (χ0v) is 10.00. The quantitative estimate of drug-likeness (QED) is 0.797. The first kappa shape index (κ1) is 11.8. The molecule has 1 atom stereocenters. The highest BCUT2D eigenvalue weighted by Crippen LogP contribution is 2.16. The largest absolute Gasteiger partial charge is 0.477 e. The van der Waals surface area contributed by atoms with Crippen molar-refractivity contribution in [3.8, 4) is 0 Å². The van der Waals surface area contributed by atoms with Crippen molar-refractivity contribution in [2.24, 2.45) is 0 Å². The highest BCUT2D eigenvalue weighted by Gasteiger charge is 2.22. The average Bonchev–Trinajstić information content (AvgIpc) is 2.33. The van der Waals surface area contributed by atoms with Gasteiger partial charge < -0.3 is 14.9 Å². The highest BCUT2D eigenvalue weighted by atomic mass is 16.4. The summed E-state index contributed by atoms with van der Waals surface area (Å²) in [5.74, 6) is -0.326. The first-order valence-electron chi connectivity index (χ1n) is 5.58. The summed E-state index contributed by atoms with van der Waals surface area (Å²) in [5.41, 5.74) is 0.0431. The van der Waals surface area contributed by atoms with Crippen LogP contribution in [-0.4, -0.2) is 58.7 Å². The molecule has 1 aromatic rings. The van der Waals surface area contributed by atoms with Crippen LogP contribution in [0, 0.1) is 0 Å². The molecule has 0 radical (unpaired) electrons. The van der Waals surface area contributed by atoms with Crippen molar-refractivity contribution in [2.75, 3.05) is 31.6 Å². The molecule has 1 N–H and O–H groups in total. The number of carboxylic acids is 1. The lowest BCUT2D eigenvalue weighted by Gasteiger charge is -2.38. The second-order valence-corrected chi connectivity index (χ2v) is 4.34. The van der Waals surface area contributed by atoms with Gasteiger partial charge in [0, 0.05) is 31.7 Å². The Morgan fingerprint density at radius 2 is 2.24 bits per heavy atom. The number of nitrogens with zero attached hydrogens (tertiary/aromatic N) is 4. The van der Waals surface area contributed by atoms with Crippen LogP contribution in [0.1, 0.15) is 17.4 Å². The van der Waals surface area contributed by atoms with Crippen LogP contribution in [0.25, 0.3) is 0 Å². The van der Waals surface area contributed by atoms with E-state index in [1.807, 2.05) is 0 Å². The summed E-state index contributed by atoms with van der Waals surface area (Å²) >= 11 is 0. The van der Waals surface area contributed by atoms with Crippen LogP contribution in [0.5, 0.6) is 0 Å². The third kappa shape index (κ3) is 2.52. The van der Waals surface area contributed by atoms with E-state index in [9.17, 15) is 4.79 Å². The summed E-state index contributed by atoms with van der Waals surface area (Å²) in [7, 11) is 2.09. The molecular weight excluding hydrogens is 220 g/mol. The van der Waals surface area contributed by atoms with E-state index in [4.69, 9.17) is 5.11 Å². The zero-order valence-electron chi connectivity index (χ0n) is 10.00. The van der Waals surface area contributed by atoms with Crippen LogP contribution in [0.15, 0.2) is 12.4 Å². The Hall–Kier alpha value is -1.69. The van der Waals surface area contributed by atoms with Crippen molar-refractivity contribution in [3.63, 3.8) is 0 Å². The number of rotatable bonds is 2. The molecule has 6 heteroatoms. The number of anilines is 1. The van der Waals surface area contributed by atoms with Gasteiger partial charge in [-0.2, -0.15) is 0 Å². The number of hydrogen-bond donors (Lipinski definition) is 1. The van der Waals surface area contributed by atoms with E-state index < -0.39 is 5.97 Å². The average molecular weight is 236 g/mol. The fourth-order valence-corrected chi connectivity index (χ4v) is 1.89. The Bertz CT molecular complexity index is 424. The van der Waals surface area contributed by atoms with Crippen LogP contribution in [0.4, 0.5) is 5.82 Å². The summed E-state index contributed by atoms with van der Waals surface area (Å²) < 4.78 is 0. The van der Waals surface area contributed by atoms with Crippen LogP contribution < -0.4 is 4.90 Å². The van der Waals surface area contributed by atoms with Gasteiger partial charge in [0.2, 0.25) is 0 Å². The molecule has 1 fully saturated rings. The summed E-state index contributed by atoms with van der Waals surface area (Å²) in [6.45, 7) is 4.81. The van der Waals surface area contributed by atoms with Crippen LogP contribution in [0.3, 0.4) is 0 Å². The smallest absolute Gasteiger partial charge is 0.354 e. The van der Waals surface area contributed by atoms with Crippen molar-refractivity contribution in [2.45, 2.75) is 13.0 Å². The van der Waals surface area contributed by atoms with Gasteiger partial charge in [0.15, 0.2) is 5.69 Å². The second-order valence-electron chi connectivity index (χ2n) is 4.34. The highest BCUT2D eigenvalue weighted by molar-refractivity contribution is 5.86. The first-order valence-corrected chi connectivity index (χ1v) is 5.58. The summed E-state index contributed by atoms with van der Waals surface area (Å²) in [6.07, 6.45) is 1.31. The maximum absolute atomic E-state index is 10.8. The first-order chi connectivity index (χ1) is 8.08. The van der Waals surface area contributed by atoms with Gasteiger partial charge >= 0.3 is 5.97 Å². The number of hydrogen-bond acceptors (Lipinski definition) is 5. The number of aromatic nitrogens is 2. The molecule has 0 amide bonds. The number of carboxylic acid groups (broad SMARTS) is 1. The van der Waals surface area contributed by atoms with E-state index >= 15 is 0 Å². The van der Waals surface area contributed by atoms with Crippen LogP contribution in [0.2, 0.25) is 0 Å². The Morgan fingerprint density at radius 3 is 2.88 bits per heavy atom. The SMILES string of the molecule is CC1CN(c2cc(C(=O)O)ncn2)CCN1C. The van der Waals surface area contributed by atoms with Gasteiger partial charge in [-0.15, -0.1) is 0 Å². The van der Waals surface area contributed by atoms with Gasteiger partial charge in [-0.25, -0.2) is 14.8 Å². The lowest BCUT2D eigenvalue weighted by Crippen LogP contribution is -2.50. The fourth-order valence-electron chi connectivity index (χ4n) is 1.89. The molecule has 1 aliphatic heterocycles. The van der Waals surface area contributed by atoms with Gasteiger partial charge in [-0.05, 0) is 14.0 Å². The molecule has 0 spiro atoms. The minimum absolute atomic E-state index is 0.0431. The molecule has 1 aliphatic rings. The van der Waals surface area contributed by atoms with E-state index in [1.54, 1.807) is 0 Å². The van der Waals surface area contributed by atoms with Crippen LogP contribution >= 0.6 is 0 Å². The van der Waals surface area contributed by atoms with Crippen molar-refractivity contribution in [1.82, 2.24) is 14.9 Å².